The summed E-state index contributed by atoms with van der Waals surface area (Å²) in [7, 11) is 0. The zero-order chi connectivity index (χ0) is 11.5. The number of carbonyl (C=O) groups is 1. The third kappa shape index (κ3) is 4.52. The van der Waals surface area contributed by atoms with Crippen LogP contribution in [-0.2, 0) is 4.79 Å². The molecule has 3 nitrogen and oxygen atoms in total. The van der Waals surface area contributed by atoms with Crippen LogP contribution in [0, 0.1) is 5.41 Å². The summed E-state index contributed by atoms with van der Waals surface area (Å²) in [6.45, 7) is 7.77. The molecule has 0 aromatic carbocycles. The van der Waals surface area contributed by atoms with Crippen LogP contribution in [0.4, 0.5) is 0 Å². The Labute approximate surface area is 109 Å². The van der Waals surface area contributed by atoms with Crippen molar-refractivity contribution < 1.29 is 4.79 Å². The average Bonchev–Trinajstić information content (AvgIpc) is 2.42. The van der Waals surface area contributed by atoms with Gasteiger partial charge in [0.2, 0.25) is 5.91 Å². The lowest BCUT2D eigenvalue weighted by molar-refractivity contribution is -0.134. The van der Waals surface area contributed by atoms with Gasteiger partial charge < -0.3 is 10.6 Å². The number of hydrogen-bond donors (Lipinski definition) is 1. The van der Waals surface area contributed by atoms with E-state index < -0.39 is 0 Å². The molecule has 0 spiro atoms. The number of nitrogens with zero attached hydrogens (tertiary/aromatic N) is 1. The van der Waals surface area contributed by atoms with Crippen molar-refractivity contribution in [1.29, 1.82) is 0 Å². The molecular formula is C11H23ClN2OS. The zero-order valence-corrected chi connectivity index (χ0v) is 12.0. The summed E-state index contributed by atoms with van der Waals surface area (Å²) in [5, 5.41) is 0. The lowest BCUT2D eigenvalue weighted by Crippen LogP contribution is -2.50. The molecule has 1 atom stereocenters. The van der Waals surface area contributed by atoms with Gasteiger partial charge in [0.1, 0.15) is 0 Å². The second-order valence-electron chi connectivity index (χ2n) is 5.13. The fourth-order valence-electron chi connectivity index (χ4n) is 1.53. The zero-order valence-electron chi connectivity index (χ0n) is 10.4. The first-order chi connectivity index (χ1) is 6.93. The van der Waals surface area contributed by atoms with Crippen molar-refractivity contribution in [1.82, 2.24) is 4.90 Å². The lowest BCUT2D eigenvalue weighted by Gasteiger charge is -2.31. The fraction of sp³-hybridized carbons (Fsp3) is 0.909. The van der Waals surface area contributed by atoms with Crippen LogP contribution in [-0.4, -0.2) is 41.4 Å². The number of thioether (sulfide) groups is 1. The quantitative estimate of drug-likeness (QED) is 0.787. The van der Waals surface area contributed by atoms with Crippen LogP contribution >= 0.6 is 24.2 Å². The van der Waals surface area contributed by atoms with Crippen molar-refractivity contribution in [3.63, 3.8) is 0 Å². The molecule has 16 heavy (non-hydrogen) atoms. The minimum absolute atomic E-state index is 0. The first kappa shape index (κ1) is 16.1. The molecule has 1 aliphatic heterocycles. The summed E-state index contributed by atoms with van der Waals surface area (Å²) >= 11 is 1.92. The highest BCUT2D eigenvalue weighted by atomic mass is 35.5. The highest BCUT2D eigenvalue weighted by molar-refractivity contribution is 7.99. The van der Waals surface area contributed by atoms with Gasteiger partial charge in [-0.15, -0.1) is 12.4 Å². The van der Waals surface area contributed by atoms with Gasteiger partial charge in [0, 0.05) is 18.8 Å². The van der Waals surface area contributed by atoms with E-state index in [2.05, 4.69) is 0 Å². The van der Waals surface area contributed by atoms with E-state index in [9.17, 15) is 4.79 Å². The standard InChI is InChI=1S/C11H22N2OS.ClH/c1-11(2,3)9(12)10(14)13-5-4-7-15-8-6-13;/h9H,4-8,12H2,1-3H3;1H/t9-;/m1./s1. The highest BCUT2D eigenvalue weighted by Crippen LogP contribution is 2.20. The van der Waals surface area contributed by atoms with Gasteiger partial charge in [-0.1, -0.05) is 20.8 Å². The van der Waals surface area contributed by atoms with Crippen molar-refractivity contribution >= 4 is 30.1 Å². The number of amides is 1. The Hall–Kier alpha value is 0.0700. The first-order valence-corrected chi connectivity index (χ1v) is 6.70. The van der Waals surface area contributed by atoms with E-state index in [4.69, 9.17) is 5.73 Å². The van der Waals surface area contributed by atoms with Crippen molar-refractivity contribution in [2.45, 2.75) is 33.2 Å². The number of hydrogen-bond acceptors (Lipinski definition) is 3. The van der Waals surface area contributed by atoms with Crippen LogP contribution in [0.3, 0.4) is 0 Å². The van der Waals surface area contributed by atoms with Gasteiger partial charge in [-0.05, 0) is 17.6 Å². The smallest absolute Gasteiger partial charge is 0.240 e. The third-order valence-electron chi connectivity index (χ3n) is 2.73. The molecule has 1 amide bonds. The maximum atomic E-state index is 12.1. The fourth-order valence-corrected chi connectivity index (χ4v) is 2.42. The molecule has 0 aromatic rings. The minimum Gasteiger partial charge on any atom is -0.340 e. The van der Waals surface area contributed by atoms with Gasteiger partial charge in [0.05, 0.1) is 6.04 Å². The van der Waals surface area contributed by atoms with Gasteiger partial charge in [-0.2, -0.15) is 11.8 Å². The molecule has 1 rings (SSSR count). The molecule has 0 bridgehead atoms. The molecule has 0 radical (unpaired) electrons. The van der Waals surface area contributed by atoms with Crippen LogP contribution in [0.2, 0.25) is 0 Å². The Bertz CT molecular complexity index is 223. The van der Waals surface area contributed by atoms with E-state index in [-0.39, 0.29) is 29.8 Å². The molecule has 96 valence electrons. The number of halogens is 1. The molecular weight excluding hydrogens is 244 g/mol. The first-order valence-electron chi connectivity index (χ1n) is 5.55. The molecule has 0 aromatic heterocycles. The Morgan fingerprint density at radius 1 is 1.31 bits per heavy atom. The molecule has 1 fully saturated rings. The van der Waals surface area contributed by atoms with Gasteiger partial charge in [-0.3, -0.25) is 4.79 Å². The largest absolute Gasteiger partial charge is 0.340 e. The SMILES string of the molecule is CC(C)(C)[C@H](N)C(=O)N1CCCSCC1.Cl. The van der Waals surface area contributed by atoms with Gasteiger partial charge in [-0.25, -0.2) is 0 Å². The maximum Gasteiger partial charge on any atom is 0.240 e. The number of carbonyl (C=O) groups excluding carboxylic acids is 1. The summed E-state index contributed by atoms with van der Waals surface area (Å²) in [5.74, 6) is 2.32. The summed E-state index contributed by atoms with van der Waals surface area (Å²) < 4.78 is 0. The average molecular weight is 267 g/mol. The van der Waals surface area contributed by atoms with Crippen molar-refractivity contribution in [3.8, 4) is 0 Å². The van der Waals surface area contributed by atoms with Crippen LogP contribution in [0.5, 0.6) is 0 Å². The van der Waals surface area contributed by atoms with E-state index in [0.717, 1.165) is 31.0 Å². The highest BCUT2D eigenvalue weighted by Gasteiger charge is 2.31. The Balaban J connectivity index is 0.00000225. The third-order valence-corrected chi connectivity index (χ3v) is 3.78. The van der Waals surface area contributed by atoms with Gasteiger partial charge in [0.15, 0.2) is 0 Å². The van der Waals surface area contributed by atoms with E-state index in [1.165, 1.54) is 0 Å². The molecule has 0 unspecified atom stereocenters. The number of nitrogens with two attached hydrogens (primary N) is 1. The van der Waals surface area contributed by atoms with E-state index in [1.54, 1.807) is 0 Å². The van der Waals surface area contributed by atoms with Crippen molar-refractivity contribution in [3.05, 3.63) is 0 Å². The van der Waals surface area contributed by atoms with E-state index in [1.807, 2.05) is 37.4 Å². The van der Waals surface area contributed by atoms with E-state index >= 15 is 0 Å². The van der Waals surface area contributed by atoms with Crippen molar-refractivity contribution in [2.24, 2.45) is 11.1 Å². The molecule has 2 N–H and O–H groups in total. The monoisotopic (exact) mass is 266 g/mol. The van der Waals surface area contributed by atoms with Gasteiger partial charge in [0.25, 0.3) is 0 Å². The summed E-state index contributed by atoms with van der Waals surface area (Å²) in [6, 6.07) is -0.374. The minimum atomic E-state index is -0.374. The van der Waals surface area contributed by atoms with Crippen molar-refractivity contribution in [2.75, 3.05) is 24.6 Å². The van der Waals surface area contributed by atoms with Crippen LogP contribution in [0.15, 0.2) is 0 Å². The molecule has 0 saturated carbocycles. The van der Waals surface area contributed by atoms with Crippen LogP contribution in [0.1, 0.15) is 27.2 Å². The molecule has 0 aliphatic carbocycles. The summed E-state index contributed by atoms with van der Waals surface area (Å²) in [4.78, 5) is 14.0. The molecule has 5 heteroatoms. The molecule has 1 aliphatic rings. The maximum absolute atomic E-state index is 12.1. The summed E-state index contributed by atoms with van der Waals surface area (Å²) in [5.41, 5.74) is 5.84. The topological polar surface area (TPSA) is 46.3 Å². The molecule has 1 heterocycles. The van der Waals surface area contributed by atoms with Crippen LogP contribution < -0.4 is 5.73 Å². The normalized spacial score (nSPS) is 19.6. The Morgan fingerprint density at radius 2 is 1.94 bits per heavy atom. The predicted molar refractivity (Wildman–Crippen MR) is 73.2 cm³/mol. The predicted octanol–water partition coefficient (Wildman–Crippen LogP) is 1.75. The Kier molecular flexibility index (Phi) is 6.75. The Morgan fingerprint density at radius 3 is 2.50 bits per heavy atom. The van der Waals surface area contributed by atoms with Gasteiger partial charge >= 0.3 is 0 Å². The second-order valence-corrected chi connectivity index (χ2v) is 6.36. The van der Waals surface area contributed by atoms with Crippen LogP contribution in [0.25, 0.3) is 0 Å². The van der Waals surface area contributed by atoms with E-state index in [0.29, 0.717) is 0 Å². The second kappa shape index (κ2) is 6.72. The lowest BCUT2D eigenvalue weighted by atomic mass is 9.86. The number of rotatable bonds is 1. The molecule has 1 saturated heterocycles. The summed E-state index contributed by atoms with van der Waals surface area (Å²) in [6.07, 6.45) is 1.09.